The molecule has 1 aliphatic heterocycles. The van der Waals surface area contributed by atoms with E-state index in [4.69, 9.17) is 23.8 Å². The van der Waals surface area contributed by atoms with Crippen molar-refractivity contribution in [1.29, 1.82) is 0 Å². The van der Waals surface area contributed by atoms with Gasteiger partial charge in [0.25, 0.3) is 0 Å². The Bertz CT molecular complexity index is 1230. The van der Waals surface area contributed by atoms with Crippen LogP contribution in [0.5, 0.6) is 0 Å². The number of halogens is 2. The zero-order valence-electron chi connectivity index (χ0n) is 16.3. The van der Waals surface area contributed by atoms with Crippen LogP contribution >= 0.6 is 23.8 Å². The number of rotatable bonds is 4. The van der Waals surface area contributed by atoms with Crippen LogP contribution in [0, 0.1) is 5.82 Å². The van der Waals surface area contributed by atoms with Crippen molar-refractivity contribution in [2.24, 2.45) is 0 Å². The number of nitrogens with zero attached hydrogens (tertiary/aromatic N) is 3. The Balaban J connectivity index is 1.67. The number of hydrogen-bond acceptors (Lipinski definition) is 2. The topological polar surface area (TPSA) is 33.1 Å². The summed E-state index contributed by atoms with van der Waals surface area (Å²) in [7, 11) is 0. The lowest BCUT2D eigenvalue weighted by molar-refractivity contribution is 0.549. The fraction of sp³-hybridized carbons (Fsp3) is 0.0833. The summed E-state index contributed by atoms with van der Waals surface area (Å²) in [5.74, 6) is -0.290. The molecule has 5 rings (SSSR count). The van der Waals surface area contributed by atoms with Gasteiger partial charge < -0.3 is 14.8 Å². The van der Waals surface area contributed by atoms with Crippen molar-refractivity contribution < 1.29 is 4.39 Å². The van der Waals surface area contributed by atoms with Crippen LogP contribution in [0.4, 0.5) is 10.1 Å². The minimum Gasteiger partial charge on any atom is -0.351 e. The molecule has 0 bridgehead atoms. The van der Waals surface area contributed by atoms with Crippen LogP contribution in [0.2, 0.25) is 5.02 Å². The minimum absolute atomic E-state index is 0.188. The van der Waals surface area contributed by atoms with Gasteiger partial charge in [0, 0.05) is 34.5 Å². The molecule has 4 aromatic rings. The van der Waals surface area contributed by atoms with Crippen molar-refractivity contribution in [3.05, 3.63) is 113 Å². The van der Waals surface area contributed by atoms with Crippen LogP contribution in [-0.4, -0.2) is 14.7 Å². The molecule has 0 aliphatic carbocycles. The molecule has 0 amide bonds. The number of aromatic nitrogens is 2. The largest absolute Gasteiger partial charge is 0.351 e. The molecule has 7 heteroatoms. The van der Waals surface area contributed by atoms with Crippen LogP contribution in [0.3, 0.4) is 0 Å². The quantitative estimate of drug-likeness (QED) is 0.397. The number of pyridine rings is 1. The van der Waals surface area contributed by atoms with E-state index in [-0.39, 0.29) is 17.9 Å². The van der Waals surface area contributed by atoms with Gasteiger partial charge in [0.05, 0.1) is 11.7 Å². The van der Waals surface area contributed by atoms with E-state index in [1.165, 1.54) is 12.1 Å². The lowest BCUT2D eigenvalue weighted by atomic mass is 10.0. The third kappa shape index (κ3) is 3.69. The van der Waals surface area contributed by atoms with E-state index in [0.29, 0.717) is 10.1 Å². The summed E-state index contributed by atoms with van der Waals surface area (Å²) in [6.45, 7) is 0. The van der Waals surface area contributed by atoms with Gasteiger partial charge in [0.1, 0.15) is 11.9 Å². The Morgan fingerprint density at radius 1 is 0.935 bits per heavy atom. The first kappa shape index (κ1) is 19.7. The number of hydrogen-bond donors (Lipinski definition) is 1. The molecule has 0 radical (unpaired) electrons. The number of nitrogens with one attached hydrogen (secondary N) is 1. The summed E-state index contributed by atoms with van der Waals surface area (Å²) in [4.78, 5) is 6.59. The van der Waals surface area contributed by atoms with Crippen LogP contribution in [-0.2, 0) is 0 Å². The third-order valence-corrected chi connectivity index (χ3v) is 5.92. The fourth-order valence-electron chi connectivity index (χ4n) is 4.03. The van der Waals surface area contributed by atoms with E-state index in [0.717, 1.165) is 22.8 Å². The molecule has 2 atom stereocenters. The van der Waals surface area contributed by atoms with Crippen molar-refractivity contribution in [3.8, 4) is 5.69 Å². The molecule has 1 fully saturated rings. The molecule has 1 aliphatic rings. The van der Waals surface area contributed by atoms with Gasteiger partial charge in [-0.25, -0.2) is 4.39 Å². The maximum absolute atomic E-state index is 13.6. The maximum Gasteiger partial charge on any atom is 0.174 e. The monoisotopic (exact) mass is 448 g/mol. The Morgan fingerprint density at radius 2 is 1.77 bits per heavy atom. The van der Waals surface area contributed by atoms with E-state index >= 15 is 0 Å². The van der Waals surface area contributed by atoms with E-state index in [1.54, 1.807) is 18.3 Å². The number of thiocarbonyl (C=S) groups is 1. The molecular weight excluding hydrogens is 431 g/mol. The highest BCUT2D eigenvalue weighted by Gasteiger charge is 2.42. The van der Waals surface area contributed by atoms with Gasteiger partial charge >= 0.3 is 0 Å². The predicted molar refractivity (Wildman–Crippen MR) is 125 cm³/mol. The van der Waals surface area contributed by atoms with Crippen LogP contribution in [0.15, 0.2) is 91.3 Å². The Hall–Kier alpha value is -3.22. The molecule has 1 saturated heterocycles. The zero-order chi connectivity index (χ0) is 21.4. The summed E-state index contributed by atoms with van der Waals surface area (Å²) < 4.78 is 15.7. The van der Waals surface area contributed by atoms with Crippen molar-refractivity contribution >= 4 is 34.6 Å². The first-order chi connectivity index (χ1) is 15.1. The van der Waals surface area contributed by atoms with Crippen molar-refractivity contribution in [2.45, 2.75) is 12.1 Å². The first-order valence-electron chi connectivity index (χ1n) is 9.81. The summed E-state index contributed by atoms with van der Waals surface area (Å²) in [5, 5.41) is 4.65. The van der Waals surface area contributed by atoms with Gasteiger partial charge in [-0.05, 0) is 78.9 Å². The molecule has 1 N–H and O–H groups in total. The number of anilines is 1. The predicted octanol–water partition coefficient (Wildman–Crippen LogP) is 5.84. The van der Waals surface area contributed by atoms with Crippen LogP contribution < -0.4 is 10.2 Å². The summed E-state index contributed by atoms with van der Waals surface area (Å²) in [6.07, 6.45) is 3.77. The average molecular weight is 449 g/mol. The SMILES string of the molecule is Fc1ccc(N2C(=S)N[C@H](c3ccccn3)[C@@H]2c2cccn2-c2cccc(Cl)c2)cc1. The Morgan fingerprint density at radius 3 is 2.52 bits per heavy atom. The maximum atomic E-state index is 13.6. The molecule has 4 nitrogen and oxygen atoms in total. The second-order valence-corrected chi connectivity index (χ2v) is 8.08. The van der Waals surface area contributed by atoms with Gasteiger partial charge in [-0.1, -0.05) is 23.7 Å². The highest BCUT2D eigenvalue weighted by atomic mass is 35.5. The van der Waals surface area contributed by atoms with Crippen molar-refractivity contribution in [3.63, 3.8) is 0 Å². The molecule has 154 valence electrons. The lowest BCUT2D eigenvalue weighted by Gasteiger charge is -2.29. The van der Waals surface area contributed by atoms with Crippen molar-refractivity contribution in [2.75, 3.05) is 4.90 Å². The molecule has 0 saturated carbocycles. The van der Waals surface area contributed by atoms with Gasteiger partial charge in [-0.3, -0.25) is 4.98 Å². The van der Waals surface area contributed by atoms with E-state index < -0.39 is 0 Å². The highest BCUT2D eigenvalue weighted by molar-refractivity contribution is 7.80. The van der Waals surface area contributed by atoms with Gasteiger partial charge in [-0.2, -0.15) is 0 Å². The second-order valence-electron chi connectivity index (χ2n) is 7.26. The third-order valence-electron chi connectivity index (χ3n) is 5.37. The molecule has 31 heavy (non-hydrogen) atoms. The van der Waals surface area contributed by atoms with Crippen LogP contribution in [0.25, 0.3) is 5.69 Å². The fourth-order valence-corrected chi connectivity index (χ4v) is 4.56. The summed E-state index contributed by atoms with van der Waals surface area (Å²) in [5.41, 5.74) is 3.64. The number of benzene rings is 2. The van der Waals surface area contributed by atoms with Gasteiger partial charge in [0.2, 0.25) is 0 Å². The van der Waals surface area contributed by atoms with Gasteiger partial charge in [-0.15, -0.1) is 0 Å². The average Bonchev–Trinajstić information content (AvgIpc) is 3.39. The molecular formula is C24H18ClFN4S. The standard InChI is InChI=1S/C24H18ClFN4S/c25-16-5-3-6-19(15-16)29-14-4-8-21(29)23-22(20-7-1-2-13-27-20)28-24(31)30(23)18-11-9-17(26)10-12-18/h1-15,22-23H,(H,28,31)/t22-,23+/m1/s1. The summed E-state index contributed by atoms with van der Waals surface area (Å²) in [6, 6.07) is 23.6. The molecule has 3 heterocycles. The normalized spacial score (nSPS) is 18.3. The first-order valence-corrected chi connectivity index (χ1v) is 10.6. The van der Waals surface area contributed by atoms with Gasteiger partial charge in [0.15, 0.2) is 5.11 Å². The van der Waals surface area contributed by atoms with E-state index in [2.05, 4.69) is 20.9 Å². The Kier molecular flexibility index (Phi) is 5.18. The van der Waals surface area contributed by atoms with E-state index in [1.807, 2.05) is 59.6 Å². The zero-order valence-corrected chi connectivity index (χ0v) is 17.9. The molecule has 2 aromatic heterocycles. The van der Waals surface area contributed by atoms with Crippen LogP contribution in [0.1, 0.15) is 23.5 Å². The van der Waals surface area contributed by atoms with E-state index in [9.17, 15) is 4.39 Å². The smallest absolute Gasteiger partial charge is 0.174 e. The molecule has 0 unspecified atom stereocenters. The molecule has 2 aromatic carbocycles. The molecule has 0 spiro atoms. The van der Waals surface area contributed by atoms with Crippen molar-refractivity contribution in [1.82, 2.24) is 14.9 Å². The minimum atomic E-state index is -0.290. The highest BCUT2D eigenvalue weighted by Crippen LogP contribution is 2.42. The lowest BCUT2D eigenvalue weighted by Crippen LogP contribution is -2.30. The summed E-state index contributed by atoms with van der Waals surface area (Å²) >= 11 is 12.0. The second kappa shape index (κ2) is 8.13. The Labute approximate surface area is 189 Å².